The molecular weight excluding hydrogens is 334 g/mol. The average Bonchev–Trinajstić information content (AvgIpc) is 3.09. The van der Waals surface area contributed by atoms with Crippen LogP contribution in [0.4, 0.5) is 6.01 Å². The van der Waals surface area contributed by atoms with Crippen LogP contribution in [0.3, 0.4) is 0 Å². The van der Waals surface area contributed by atoms with Crippen molar-refractivity contribution in [1.29, 1.82) is 0 Å². The monoisotopic (exact) mass is 347 g/mol. The first kappa shape index (κ1) is 15.8. The zero-order valence-corrected chi connectivity index (χ0v) is 13.7. The molecule has 0 spiro atoms. The summed E-state index contributed by atoms with van der Waals surface area (Å²) in [5.74, 6) is -0.419. The van der Waals surface area contributed by atoms with Crippen molar-refractivity contribution in [3.8, 4) is 17.2 Å². The van der Waals surface area contributed by atoms with Gasteiger partial charge in [-0.3, -0.25) is 0 Å². The molecule has 4 rings (SSSR count). The first-order valence-corrected chi connectivity index (χ1v) is 7.81. The zero-order chi connectivity index (χ0) is 18.1. The Morgan fingerprint density at radius 1 is 1.08 bits per heavy atom. The van der Waals surface area contributed by atoms with Gasteiger partial charge >= 0.3 is 11.6 Å². The number of aryl methyl sites for hydroxylation is 1. The van der Waals surface area contributed by atoms with E-state index in [1.807, 2.05) is 37.3 Å². The molecule has 0 amide bonds. The third-order valence-corrected chi connectivity index (χ3v) is 3.79. The third kappa shape index (κ3) is 2.86. The smallest absolute Gasteiger partial charge is 0.353 e. The summed E-state index contributed by atoms with van der Waals surface area (Å²) in [6, 6.07) is 14.5. The Kier molecular flexibility index (Phi) is 3.81. The van der Waals surface area contributed by atoms with Crippen molar-refractivity contribution in [2.45, 2.75) is 6.92 Å². The summed E-state index contributed by atoms with van der Waals surface area (Å²) >= 11 is 0. The Balaban J connectivity index is 1.75. The fraction of sp³-hybridized carbons (Fsp3) is 0.0526. The zero-order valence-electron chi connectivity index (χ0n) is 13.7. The van der Waals surface area contributed by atoms with Gasteiger partial charge in [0.1, 0.15) is 11.3 Å². The number of benzene rings is 2. The molecule has 0 aliphatic carbocycles. The number of aliphatic imine (C=N–C) groups is 1. The van der Waals surface area contributed by atoms with Crippen LogP contribution in [0, 0.1) is 6.92 Å². The van der Waals surface area contributed by atoms with Gasteiger partial charge in [-0.1, -0.05) is 41.5 Å². The number of hydrogen-bond acceptors (Lipinski definition) is 7. The number of hydrogen-bond donors (Lipinski definition) is 1. The van der Waals surface area contributed by atoms with Crippen LogP contribution in [0.1, 0.15) is 11.1 Å². The van der Waals surface area contributed by atoms with Gasteiger partial charge in [-0.05, 0) is 30.2 Å². The Morgan fingerprint density at radius 3 is 2.69 bits per heavy atom. The number of aromatic hydroxyl groups is 1. The highest BCUT2D eigenvalue weighted by atomic mass is 16.4. The van der Waals surface area contributed by atoms with Crippen LogP contribution in [0.2, 0.25) is 0 Å². The van der Waals surface area contributed by atoms with Gasteiger partial charge in [0, 0.05) is 6.21 Å². The van der Waals surface area contributed by atoms with Gasteiger partial charge in [-0.2, -0.15) is 0 Å². The van der Waals surface area contributed by atoms with Crippen LogP contribution >= 0.6 is 0 Å². The van der Waals surface area contributed by atoms with Gasteiger partial charge in [-0.25, -0.2) is 9.79 Å². The van der Waals surface area contributed by atoms with Crippen molar-refractivity contribution < 1.29 is 13.9 Å². The van der Waals surface area contributed by atoms with E-state index in [-0.39, 0.29) is 28.8 Å². The van der Waals surface area contributed by atoms with Gasteiger partial charge in [-0.15, -0.1) is 5.10 Å². The van der Waals surface area contributed by atoms with Crippen molar-refractivity contribution in [2.24, 2.45) is 4.99 Å². The normalized spacial score (nSPS) is 11.4. The summed E-state index contributed by atoms with van der Waals surface area (Å²) in [7, 11) is 0. The molecule has 2 aromatic heterocycles. The lowest BCUT2D eigenvalue weighted by molar-refractivity contribution is 0.465. The minimum Gasteiger partial charge on any atom is -0.506 e. The van der Waals surface area contributed by atoms with E-state index < -0.39 is 5.63 Å². The highest BCUT2D eigenvalue weighted by Crippen LogP contribution is 2.33. The molecule has 0 radical (unpaired) electrons. The Hall–Kier alpha value is -3.74. The molecule has 0 saturated carbocycles. The number of fused-ring (bicyclic) bond motifs is 1. The van der Waals surface area contributed by atoms with Crippen LogP contribution in [-0.2, 0) is 0 Å². The summed E-state index contributed by atoms with van der Waals surface area (Å²) in [5.41, 5.74) is 1.11. The molecule has 7 heteroatoms. The van der Waals surface area contributed by atoms with E-state index in [1.165, 1.54) is 0 Å². The summed E-state index contributed by atoms with van der Waals surface area (Å²) in [6.45, 7) is 1.86. The molecule has 0 bridgehead atoms. The molecule has 26 heavy (non-hydrogen) atoms. The quantitative estimate of drug-likeness (QED) is 0.449. The lowest BCUT2D eigenvalue weighted by Crippen LogP contribution is -2.04. The number of rotatable bonds is 3. The number of aromatic nitrogens is 2. The second-order valence-corrected chi connectivity index (χ2v) is 5.67. The van der Waals surface area contributed by atoms with E-state index in [9.17, 15) is 9.90 Å². The maximum atomic E-state index is 12.3. The predicted molar refractivity (Wildman–Crippen MR) is 95.9 cm³/mol. The molecule has 2 aromatic carbocycles. The summed E-state index contributed by atoms with van der Waals surface area (Å²) in [4.78, 5) is 16.3. The van der Waals surface area contributed by atoms with E-state index in [4.69, 9.17) is 8.83 Å². The Labute approximate surface area is 147 Å². The van der Waals surface area contributed by atoms with E-state index in [0.717, 1.165) is 11.1 Å². The Morgan fingerprint density at radius 2 is 1.88 bits per heavy atom. The maximum absolute atomic E-state index is 12.3. The maximum Gasteiger partial charge on any atom is 0.353 e. The van der Waals surface area contributed by atoms with E-state index in [0.29, 0.717) is 5.39 Å². The van der Waals surface area contributed by atoms with Crippen molar-refractivity contribution in [3.05, 3.63) is 70.1 Å². The van der Waals surface area contributed by atoms with Gasteiger partial charge in [0.05, 0.1) is 5.39 Å². The molecule has 2 heterocycles. The largest absolute Gasteiger partial charge is 0.506 e. The number of nitrogens with zero attached hydrogens (tertiary/aromatic N) is 3. The lowest BCUT2D eigenvalue weighted by Gasteiger charge is -2.03. The molecule has 1 N–H and O–H groups in total. The minimum absolute atomic E-state index is 0.0355. The standard InChI is InChI=1S/C19H13N3O4/c1-11-7-8-13-14(9-11)25-18(24)15(16(13)23)17-21-22-19(26-17)20-10-12-5-3-2-4-6-12/h2-10,23H,1H3/b20-10+. The molecule has 0 fully saturated rings. The first-order chi connectivity index (χ1) is 12.6. The first-order valence-electron chi connectivity index (χ1n) is 7.81. The molecule has 0 aliphatic rings. The lowest BCUT2D eigenvalue weighted by atomic mass is 10.1. The SMILES string of the molecule is Cc1ccc2c(O)c(-c3nnc(/N=C/c4ccccc4)o3)c(=O)oc2c1. The molecule has 7 nitrogen and oxygen atoms in total. The summed E-state index contributed by atoms with van der Waals surface area (Å²) < 4.78 is 10.7. The van der Waals surface area contributed by atoms with Gasteiger partial charge < -0.3 is 13.9 Å². The minimum atomic E-state index is -0.761. The van der Waals surface area contributed by atoms with Crippen LogP contribution in [0.15, 0.2) is 67.2 Å². The second kappa shape index (κ2) is 6.29. The van der Waals surface area contributed by atoms with Gasteiger partial charge in [0.25, 0.3) is 5.89 Å². The van der Waals surface area contributed by atoms with E-state index in [1.54, 1.807) is 24.4 Å². The fourth-order valence-corrected chi connectivity index (χ4v) is 2.52. The molecule has 0 saturated heterocycles. The third-order valence-electron chi connectivity index (χ3n) is 3.79. The average molecular weight is 347 g/mol. The van der Waals surface area contributed by atoms with Crippen molar-refractivity contribution in [1.82, 2.24) is 10.2 Å². The molecule has 0 unspecified atom stereocenters. The van der Waals surface area contributed by atoms with Crippen LogP contribution in [0.5, 0.6) is 5.75 Å². The Bertz CT molecular complexity index is 1180. The van der Waals surface area contributed by atoms with Crippen LogP contribution in [0.25, 0.3) is 22.4 Å². The van der Waals surface area contributed by atoms with Crippen molar-refractivity contribution in [2.75, 3.05) is 0 Å². The van der Waals surface area contributed by atoms with Gasteiger partial charge in [0.15, 0.2) is 5.56 Å². The molecule has 4 aromatic rings. The molecule has 128 valence electrons. The fourth-order valence-electron chi connectivity index (χ4n) is 2.52. The predicted octanol–water partition coefficient (Wildman–Crippen LogP) is 3.61. The topological polar surface area (TPSA) is 102 Å². The van der Waals surface area contributed by atoms with E-state index in [2.05, 4.69) is 15.2 Å². The second-order valence-electron chi connectivity index (χ2n) is 5.67. The van der Waals surface area contributed by atoms with Crippen LogP contribution in [-0.4, -0.2) is 21.5 Å². The highest BCUT2D eigenvalue weighted by Gasteiger charge is 2.21. The molecule has 0 aliphatic heterocycles. The molecular formula is C19H13N3O4. The highest BCUT2D eigenvalue weighted by molar-refractivity contribution is 5.89. The van der Waals surface area contributed by atoms with Crippen LogP contribution < -0.4 is 5.63 Å². The summed E-state index contributed by atoms with van der Waals surface area (Å²) in [6.07, 6.45) is 1.56. The van der Waals surface area contributed by atoms with Crippen molar-refractivity contribution >= 4 is 23.2 Å². The van der Waals surface area contributed by atoms with E-state index >= 15 is 0 Å². The van der Waals surface area contributed by atoms with Crippen molar-refractivity contribution in [3.63, 3.8) is 0 Å². The van der Waals surface area contributed by atoms with Gasteiger partial charge in [0.2, 0.25) is 0 Å². The molecule has 0 atom stereocenters. The summed E-state index contributed by atoms with van der Waals surface area (Å²) in [5, 5.41) is 18.4.